The molecule has 0 atom stereocenters. The number of nitrogens with zero attached hydrogens (tertiary/aromatic N) is 2. The Morgan fingerprint density at radius 3 is 1.33 bits per heavy atom. The van der Waals surface area contributed by atoms with E-state index in [0.29, 0.717) is 47.9 Å². The van der Waals surface area contributed by atoms with Crippen molar-refractivity contribution in [2.45, 2.75) is 56.2 Å². The number of aliphatic hydroxyl groups is 1. The molecule has 0 aliphatic carbocycles. The van der Waals surface area contributed by atoms with E-state index < -0.39 is 25.8 Å². The number of hydrogen-bond acceptors (Lipinski definition) is 7. The highest BCUT2D eigenvalue weighted by Gasteiger charge is 2.35. The van der Waals surface area contributed by atoms with Gasteiger partial charge in [-0.1, -0.05) is 72.3 Å². The Bertz CT molecular complexity index is 2130. The van der Waals surface area contributed by atoms with Gasteiger partial charge in [0, 0.05) is 42.6 Å². The molecule has 0 bridgehead atoms. The summed E-state index contributed by atoms with van der Waals surface area (Å²) in [6.07, 6.45) is 0. The molecule has 0 aromatic heterocycles. The van der Waals surface area contributed by atoms with Crippen molar-refractivity contribution in [3.05, 3.63) is 153 Å². The van der Waals surface area contributed by atoms with Gasteiger partial charge < -0.3 is 14.9 Å². The minimum Gasteiger partial charge on any atom is -0.376 e. The molecular weight excluding hydrogens is 708 g/mol. The van der Waals surface area contributed by atoms with Gasteiger partial charge in [-0.25, -0.2) is 0 Å². The second-order valence-corrected chi connectivity index (χ2v) is 15.8. The summed E-state index contributed by atoms with van der Waals surface area (Å²) in [6, 6.07) is 31.1. The number of benzene rings is 5. The average Bonchev–Trinajstić information content (AvgIpc) is 3.09. The van der Waals surface area contributed by atoms with Gasteiger partial charge in [0.05, 0.1) is 9.79 Å². The fourth-order valence-corrected chi connectivity index (χ4v) is 7.67. The predicted octanol–water partition coefficient (Wildman–Crippen LogP) is 7.79. The maximum absolute atomic E-state index is 12.8. The third-order valence-corrected chi connectivity index (χ3v) is 11.0. The lowest BCUT2D eigenvalue weighted by Gasteiger charge is -2.33. The van der Waals surface area contributed by atoms with Gasteiger partial charge in [-0.05, 0) is 115 Å². The van der Waals surface area contributed by atoms with Gasteiger partial charge in [0.1, 0.15) is 5.60 Å². The largest absolute Gasteiger partial charge is 0.376 e. The van der Waals surface area contributed by atoms with E-state index in [9.17, 15) is 31.0 Å². The van der Waals surface area contributed by atoms with Gasteiger partial charge in [0.15, 0.2) is 0 Å². The Morgan fingerprint density at radius 2 is 0.980 bits per heavy atom. The molecule has 0 amide bonds. The van der Waals surface area contributed by atoms with E-state index in [1.165, 1.54) is 24.3 Å². The quantitative estimate of drug-likeness (QED) is 0.0815. The molecule has 0 saturated heterocycles. The van der Waals surface area contributed by atoms with Crippen molar-refractivity contribution >= 4 is 43.2 Å². The zero-order valence-electron chi connectivity index (χ0n) is 28.8. The van der Waals surface area contributed by atoms with Crippen LogP contribution >= 0.6 is 11.6 Å². The van der Waals surface area contributed by atoms with E-state index in [1.54, 1.807) is 36.4 Å². The Labute approximate surface area is 305 Å². The Hall–Kier alpha value is -4.23. The number of aryl methyl sites for hydroxylation is 2. The summed E-state index contributed by atoms with van der Waals surface area (Å²) in [5.74, 6) is 0. The lowest BCUT2D eigenvalue weighted by molar-refractivity contribution is 0.125. The first kappa shape index (κ1) is 38.0. The van der Waals surface area contributed by atoms with E-state index in [1.807, 2.05) is 76.2 Å². The molecule has 5 aromatic carbocycles. The molecule has 0 heterocycles. The van der Waals surface area contributed by atoms with Gasteiger partial charge in [0.2, 0.25) is 0 Å². The summed E-state index contributed by atoms with van der Waals surface area (Å²) in [7, 11) is -8.67. The molecule has 5 aromatic rings. The van der Waals surface area contributed by atoms with Gasteiger partial charge in [-0.3, -0.25) is 9.11 Å². The topological polar surface area (TPSA) is 135 Å². The monoisotopic (exact) mass is 748 g/mol. The highest BCUT2D eigenvalue weighted by atomic mass is 35.5. The van der Waals surface area contributed by atoms with Crippen molar-refractivity contribution in [3.8, 4) is 0 Å². The summed E-state index contributed by atoms with van der Waals surface area (Å²) >= 11 is 6.26. The molecule has 0 unspecified atom stereocenters. The standard InChI is InChI=1S/C39H41ClN2O7S2/c1-5-41(25-29-9-7-11-35(23-29)50(44,45)46)37-19-15-32(21-27(37)3)39(43,31-13-17-34(40)18-14-31)33-16-20-38(28(4)22-33)42(6-2)26-30-10-8-12-36(24-30)51(47,48)49/h7-24,43H,5-6,25-26H2,1-4H3,(H,44,45,46)(H,47,48,49). The minimum atomic E-state index is -4.34. The number of hydrogen-bond donors (Lipinski definition) is 3. The molecule has 0 aliphatic heterocycles. The number of rotatable bonds is 13. The third kappa shape index (κ3) is 8.47. The van der Waals surface area contributed by atoms with Crippen LogP contribution in [-0.2, 0) is 38.9 Å². The van der Waals surface area contributed by atoms with Gasteiger partial charge >= 0.3 is 0 Å². The molecule has 0 fully saturated rings. The van der Waals surface area contributed by atoms with Crippen molar-refractivity contribution in [2.24, 2.45) is 0 Å². The van der Waals surface area contributed by atoms with Crippen LogP contribution in [0.5, 0.6) is 0 Å². The fraction of sp³-hybridized carbons (Fsp3) is 0.231. The Kier molecular flexibility index (Phi) is 11.3. The zero-order chi connectivity index (χ0) is 37.1. The summed E-state index contributed by atoms with van der Waals surface area (Å²) in [4.78, 5) is 3.86. The van der Waals surface area contributed by atoms with Crippen LogP contribution in [0.2, 0.25) is 5.02 Å². The number of halogens is 1. The van der Waals surface area contributed by atoms with Gasteiger partial charge in [-0.2, -0.15) is 16.8 Å². The van der Waals surface area contributed by atoms with Crippen molar-refractivity contribution < 1.29 is 31.0 Å². The van der Waals surface area contributed by atoms with E-state index in [4.69, 9.17) is 11.6 Å². The van der Waals surface area contributed by atoms with E-state index >= 15 is 0 Å². The molecule has 5 rings (SSSR count). The summed E-state index contributed by atoms with van der Waals surface area (Å²) in [5, 5.41) is 13.3. The summed E-state index contributed by atoms with van der Waals surface area (Å²) < 4.78 is 66.0. The van der Waals surface area contributed by atoms with E-state index in [-0.39, 0.29) is 9.79 Å². The normalized spacial score (nSPS) is 12.2. The lowest BCUT2D eigenvalue weighted by Crippen LogP contribution is -2.30. The van der Waals surface area contributed by atoms with Crippen LogP contribution in [0.15, 0.2) is 119 Å². The first-order chi connectivity index (χ1) is 24.0. The van der Waals surface area contributed by atoms with Gasteiger partial charge in [0.25, 0.3) is 20.2 Å². The molecule has 9 nitrogen and oxygen atoms in total. The molecule has 0 saturated carbocycles. The van der Waals surface area contributed by atoms with Crippen LogP contribution in [0, 0.1) is 13.8 Å². The molecule has 0 aliphatic rings. The molecule has 51 heavy (non-hydrogen) atoms. The van der Waals surface area contributed by atoms with Crippen LogP contribution < -0.4 is 9.80 Å². The second kappa shape index (κ2) is 15.2. The van der Waals surface area contributed by atoms with Crippen molar-refractivity contribution in [1.29, 1.82) is 0 Å². The van der Waals surface area contributed by atoms with Crippen molar-refractivity contribution in [1.82, 2.24) is 0 Å². The second-order valence-electron chi connectivity index (χ2n) is 12.5. The average molecular weight is 749 g/mol. The van der Waals surface area contributed by atoms with Crippen molar-refractivity contribution in [2.75, 3.05) is 22.9 Å². The van der Waals surface area contributed by atoms with E-state index in [2.05, 4.69) is 9.80 Å². The number of anilines is 2. The summed E-state index contributed by atoms with van der Waals surface area (Å²) in [5.41, 5.74) is 5.35. The van der Waals surface area contributed by atoms with Crippen LogP contribution in [0.4, 0.5) is 11.4 Å². The molecular formula is C39H41ClN2O7S2. The highest BCUT2D eigenvalue weighted by molar-refractivity contribution is 7.86. The van der Waals surface area contributed by atoms with E-state index in [0.717, 1.165) is 33.6 Å². The minimum absolute atomic E-state index is 0.161. The fourth-order valence-electron chi connectivity index (χ4n) is 6.45. The van der Waals surface area contributed by atoms with Crippen LogP contribution in [0.1, 0.15) is 52.8 Å². The van der Waals surface area contributed by atoms with Crippen LogP contribution in [0.3, 0.4) is 0 Å². The maximum atomic E-state index is 12.8. The molecule has 0 radical (unpaired) electrons. The zero-order valence-corrected chi connectivity index (χ0v) is 31.2. The maximum Gasteiger partial charge on any atom is 0.294 e. The molecule has 0 spiro atoms. The lowest BCUT2D eigenvalue weighted by atomic mass is 9.79. The Morgan fingerprint density at radius 1 is 0.588 bits per heavy atom. The molecule has 12 heteroatoms. The van der Waals surface area contributed by atoms with Crippen molar-refractivity contribution in [3.63, 3.8) is 0 Å². The third-order valence-electron chi connectivity index (χ3n) is 9.08. The van der Waals surface area contributed by atoms with Crippen LogP contribution in [0.25, 0.3) is 0 Å². The molecule has 268 valence electrons. The summed E-state index contributed by atoms with van der Waals surface area (Å²) in [6.45, 7) is 9.95. The SMILES string of the molecule is CCN(Cc1cccc(S(=O)(=O)O)c1)c1ccc(C(O)(c2ccc(Cl)cc2)c2ccc(N(CC)Cc3cccc(S(=O)(=O)O)c3)c(C)c2)cc1C. The predicted molar refractivity (Wildman–Crippen MR) is 202 cm³/mol. The highest BCUT2D eigenvalue weighted by Crippen LogP contribution is 2.40. The molecule has 3 N–H and O–H groups in total. The first-order valence-electron chi connectivity index (χ1n) is 16.4. The first-order valence-corrected chi connectivity index (χ1v) is 19.6. The van der Waals surface area contributed by atoms with Gasteiger partial charge in [-0.15, -0.1) is 0 Å². The van der Waals surface area contributed by atoms with Crippen LogP contribution in [-0.4, -0.2) is 44.1 Å². The smallest absolute Gasteiger partial charge is 0.294 e. The Balaban J connectivity index is 1.52.